The van der Waals surface area contributed by atoms with Gasteiger partial charge < -0.3 is 5.32 Å². The molecule has 2 aromatic heterocycles. The molecule has 0 radical (unpaired) electrons. The van der Waals surface area contributed by atoms with E-state index in [4.69, 9.17) is 0 Å². The summed E-state index contributed by atoms with van der Waals surface area (Å²) < 4.78 is 14.3. The van der Waals surface area contributed by atoms with Gasteiger partial charge in [-0.15, -0.1) is 0 Å². The summed E-state index contributed by atoms with van der Waals surface area (Å²) in [6.45, 7) is 0. The Morgan fingerprint density at radius 3 is 2.68 bits per heavy atom. The molecule has 0 fully saturated rings. The number of hydrogen-bond acceptors (Lipinski definition) is 3. The highest BCUT2D eigenvalue weighted by Gasteiger charge is 2.13. The van der Waals surface area contributed by atoms with Crippen LogP contribution in [-0.2, 0) is 0 Å². The number of H-pyrrole nitrogens is 1. The summed E-state index contributed by atoms with van der Waals surface area (Å²) in [4.78, 5) is 16.0. The summed E-state index contributed by atoms with van der Waals surface area (Å²) in [5, 5.41) is 9.21. The van der Waals surface area contributed by atoms with Crippen molar-refractivity contribution in [1.29, 1.82) is 0 Å². The predicted octanol–water partition coefficient (Wildman–Crippen LogP) is 3.63. The van der Waals surface area contributed by atoms with Crippen LogP contribution in [0.15, 0.2) is 53.3 Å². The fourth-order valence-electron chi connectivity index (χ4n) is 1.89. The molecular formula is C15H10BrFN4O. The highest BCUT2D eigenvalue weighted by Crippen LogP contribution is 2.21. The lowest BCUT2D eigenvalue weighted by atomic mass is 10.2. The minimum absolute atomic E-state index is 0.105. The Bertz CT molecular complexity index is 819. The van der Waals surface area contributed by atoms with Gasteiger partial charge in [-0.1, -0.05) is 15.9 Å². The number of pyridine rings is 1. The summed E-state index contributed by atoms with van der Waals surface area (Å²) >= 11 is 3.16. The second-order valence-electron chi connectivity index (χ2n) is 4.48. The molecule has 3 aromatic rings. The number of nitrogens with zero attached hydrogens (tertiary/aromatic N) is 2. The van der Waals surface area contributed by atoms with Crippen LogP contribution in [0.1, 0.15) is 10.5 Å². The molecule has 110 valence electrons. The van der Waals surface area contributed by atoms with Gasteiger partial charge in [-0.2, -0.15) is 5.10 Å². The summed E-state index contributed by atoms with van der Waals surface area (Å²) in [5.74, 6) is -0.981. The lowest BCUT2D eigenvalue weighted by Crippen LogP contribution is -2.13. The molecule has 3 rings (SSSR count). The van der Waals surface area contributed by atoms with E-state index in [9.17, 15) is 9.18 Å². The number of aromatic amines is 1. The monoisotopic (exact) mass is 360 g/mol. The second-order valence-corrected chi connectivity index (χ2v) is 5.40. The van der Waals surface area contributed by atoms with Crippen LogP contribution in [-0.4, -0.2) is 21.1 Å². The SMILES string of the molecule is O=C(Nc1ccc(Br)cc1F)c1cc(-c2ccncc2)n[nH]1. The lowest BCUT2D eigenvalue weighted by molar-refractivity contribution is 0.102. The molecule has 0 bridgehead atoms. The molecule has 0 saturated carbocycles. The van der Waals surface area contributed by atoms with Crippen LogP contribution in [0.3, 0.4) is 0 Å². The van der Waals surface area contributed by atoms with E-state index in [0.717, 1.165) is 5.56 Å². The molecule has 1 aromatic carbocycles. The van der Waals surface area contributed by atoms with E-state index < -0.39 is 11.7 Å². The van der Waals surface area contributed by atoms with Gasteiger partial charge in [0.2, 0.25) is 0 Å². The minimum Gasteiger partial charge on any atom is -0.318 e. The zero-order valence-electron chi connectivity index (χ0n) is 11.2. The highest BCUT2D eigenvalue weighted by molar-refractivity contribution is 9.10. The number of hydrogen-bond donors (Lipinski definition) is 2. The quantitative estimate of drug-likeness (QED) is 0.749. The number of rotatable bonds is 3. The molecule has 7 heteroatoms. The first-order chi connectivity index (χ1) is 10.6. The van der Waals surface area contributed by atoms with Crippen molar-refractivity contribution in [3.63, 3.8) is 0 Å². The molecule has 0 atom stereocenters. The van der Waals surface area contributed by atoms with E-state index in [-0.39, 0.29) is 11.4 Å². The molecule has 0 spiro atoms. The van der Waals surface area contributed by atoms with Crippen molar-refractivity contribution in [2.24, 2.45) is 0 Å². The molecule has 0 aliphatic carbocycles. The van der Waals surface area contributed by atoms with Gasteiger partial charge in [-0.3, -0.25) is 14.9 Å². The number of anilines is 1. The Labute approximate surface area is 133 Å². The first kappa shape index (κ1) is 14.4. The maximum Gasteiger partial charge on any atom is 0.273 e. The van der Waals surface area contributed by atoms with Gasteiger partial charge in [0, 0.05) is 22.4 Å². The third kappa shape index (κ3) is 3.04. The Balaban J connectivity index is 1.80. The summed E-state index contributed by atoms with van der Waals surface area (Å²) in [7, 11) is 0. The second kappa shape index (κ2) is 6.07. The largest absolute Gasteiger partial charge is 0.318 e. The molecule has 0 aliphatic rings. The van der Waals surface area contributed by atoms with Gasteiger partial charge in [0.15, 0.2) is 0 Å². The standard InChI is InChI=1S/C15H10BrFN4O/c16-10-1-2-12(11(17)7-10)19-15(22)14-8-13(20-21-14)9-3-5-18-6-4-9/h1-8H,(H,19,22)(H,20,21). The Hall–Kier alpha value is -2.54. The van der Waals surface area contributed by atoms with E-state index in [1.54, 1.807) is 36.7 Å². The summed E-state index contributed by atoms with van der Waals surface area (Å²) in [6, 6.07) is 9.58. The first-order valence-electron chi connectivity index (χ1n) is 6.36. The Morgan fingerprint density at radius 1 is 1.18 bits per heavy atom. The molecule has 2 N–H and O–H groups in total. The van der Waals surface area contributed by atoms with Crippen molar-refractivity contribution in [1.82, 2.24) is 15.2 Å². The van der Waals surface area contributed by atoms with Gasteiger partial charge in [0.25, 0.3) is 5.91 Å². The smallest absolute Gasteiger partial charge is 0.273 e. The van der Waals surface area contributed by atoms with Gasteiger partial charge in [0.05, 0.1) is 11.4 Å². The van der Waals surface area contributed by atoms with Crippen LogP contribution in [0, 0.1) is 5.82 Å². The number of amides is 1. The van der Waals surface area contributed by atoms with Crippen LogP contribution in [0.4, 0.5) is 10.1 Å². The molecule has 1 amide bonds. The summed E-state index contributed by atoms with van der Waals surface area (Å²) in [6.07, 6.45) is 3.28. The molecule has 0 saturated heterocycles. The average Bonchev–Trinajstić information content (AvgIpc) is 3.01. The van der Waals surface area contributed by atoms with Gasteiger partial charge in [-0.25, -0.2) is 4.39 Å². The molecule has 22 heavy (non-hydrogen) atoms. The highest BCUT2D eigenvalue weighted by atomic mass is 79.9. The fourth-order valence-corrected chi connectivity index (χ4v) is 2.22. The summed E-state index contributed by atoms with van der Waals surface area (Å²) in [5.41, 5.74) is 1.80. The number of nitrogens with one attached hydrogen (secondary N) is 2. The van der Waals surface area contributed by atoms with E-state index in [0.29, 0.717) is 10.2 Å². The number of benzene rings is 1. The van der Waals surface area contributed by atoms with Crippen molar-refractivity contribution < 1.29 is 9.18 Å². The van der Waals surface area contributed by atoms with Crippen molar-refractivity contribution in [2.45, 2.75) is 0 Å². The fraction of sp³-hybridized carbons (Fsp3) is 0. The van der Waals surface area contributed by atoms with Crippen molar-refractivity contribution in [3.05, 3.63) is 64.8 Å². The third-order valence-electron chi connectivity index (χ3n) is 2.98. The van der Waals surface area contributed by atoms with E-state index in [1.165, 1.54) is 12.1 Å². The Morgan fingerprint density at radius 2 is 1.95 bits per heavy atom. The topological polar surface area (TPSA) is 70.7 Å². The molecule has 2 heterocycles. The van der Waals surface area contributed by atoms with E-state index >= 15 is 0 Å². The average molecular weight is 361 g/mol. The van der Waals surface area contributed by atoms with Crippen LogP contribution in [0.5, 0.6) is 0 Å². The molecule has 0 aliphatic heterocycles. The van der Waals surface area contributed by atoms with Crippen LogP contribution in [0.25, 0.3) is 11.3 Å². The van der Waals surface area contributed by atoms with Crippen molar-refractivity contribution in [3.8, 4) is 11.3 Å². The van der Waals surface area contributed by atoms with Crippen molar-refractivity contribution in [2.75, 3.05) is 5.32 Å². The van der Waals surface area contributed by atoms with Gasteiger partial charge >= 0.3 is 0 Å². The predicted molar refractivity (Wildman–Crippen MR) is 83.9 cm³/mol. The van der Waals surface area contributed by atoms with E-state index in [1.807, 2.05) is 0 Å². The maximum absolute atomic E-state index is 13.7. The van der Waals surface area contributed by atoms with Gasteiger partial charge in [0.1, 0.15) is 11.5 Å². The van der Waals surface area contributed by atoms with Crippen LogP contribution >= 0.6 is 15.9 Å². The number of aromatic nitrogens is 3. The zero-order valence-corrected chi connectivity index (χ0v) is 12.8. The molecule has 0 unspecified atom stereocenters. The number of halogens is 2. The van der Waals surface area contributed by atoms with E-state index in [2.05, 4.69) is 36.4 Å². The molecular weight excluding hydrogens is 351 g/mol. The zero-order chi connectivity index (χ0) is 15.5. The third-order valence-corrected chi connectivity index (χ3v) is 3.47. The number of carbonyl (C=O) groups excluding carboxylic acids is 1. The Kier molecular flexibility index (Phi) is 3.97. The van der Waals surface area contributed by atoms with Gasteiger partial charge in [-0.05, 0) is 36.4 Å². The first-order valence-corrected chi connectivity index (χ1v) is 7.15. The normalized spacial score (nSPS) is 10.5. The van der Waals surface area contributed by atoms with Crippen LogP contribution < -0.4 is 5.32 Å². The molecule has 5 nitrogen and oxygen atoms in total. The van der Waals surface area contributed by atoms with Crippen molar-refractivity contribution >= 4 is 27.5 Å². The minimum atomic E-state index is -0.517. The van der Waals surface area contributed by atoms with Crippen LogP contribution in [0.2, 0.25) is 0 Å². The maximum atomic E-state index is 13.7. The number of carbonyl (C=O) groups is 1. The lowest BCUT2D eigenvalue weighted by Gasteiger charge is -2.04.